The third-order valence-electron chi connectivity index (χ3n) is 6.06. The van der Waals surface area contributed by atoms with Gasteiger partial charge in [0.1, 0.15) is 0 Å². The third kappa shape index (κ3) is 10.3. The van der Waals surface area contributed by atoms with E-state index < -0.39 is 17.8 Å². The highest BCUT2D eigenvalue weighted by atomic mass is 19.4. The van der Waals surface area contributed by atoms with Crippen LogP contribution in [0.2, 0.25) is 0 Å². The minimum atomic E-state index is -4.43. The topological polar surface area (TPSA) is 52.9 Å². The Balaban J connectivity index is 1.73. The lowest BCUT2D eigenvalue weighted by Crippen LogP contribution is -2.24. The molecule has 0 aliphatic heterocycles. The molecule has 187 valence electrons. The van der Waals surface area contributed by atoms with Gasteiger partial charge < -0.3 is 5.32 Å². The van der Waals surface area contributed by atoms with Crippen LogP contribution in [0.4, 0.5) is 13.2 Å². The van der Waals surface area contributed by atoms with E-state index in [2.05, 4.69) is 12.2 Å². The largest absolute Gasteiger partial charge is 0.416 e. The molecule has 6 heteroatoms. The monoisotopic (exact) mass is 475 g/mol. The van der Waals surface area contributed by atoms with E-state index in [1.807, 2.05) is 0 Å². The molecule has 2 N–H and O–H groups in total. The third-order valence-corrected chi connectivity index (χ3v) is 6.06. The van der Waals surface area contributed by atoms with Gasteiger partial charge in [-0.1, -0.05) is 89.0 Å². The van der Waals surface area contributed by atoms with Crippen LogP contribution in [0.1, 0.15) is 104 Å². The van der Waals surface area contributed by atoms with Crippen molar-refractivity contribution in [1.82, 2.24) is 11.1 Å². The van der Waals surface area contributed by atoms with Crippen molar-refractivity contribution in [3.05, 3.63) is 70.8 Å². The first-order valence-electron chi connectivity index (χ1n) is 12.6. The number of amides is 1. The molecule has 0 saturated heterocycles. The first-order valence-corrected chi connectivity index (χ1v) is 12.6. The summed E-state index contributed by atoms with van der Waals surface area (Å²) in [5, 5.41) is 2.95. The SMILES string of the molecule is CCCCCCCCCCCCNC(=O)c1cccc(CC([NH])c2cccc(C(F)(F)F)c2)c1. The number of carbonyl (C=O) groups is 1. The lowest BCUT2D eigenvalue weighted by molar-refractivity contribution is -0.137. The molecule has 0 aromatic heterocycles. The van der Waals surface area contributed by atoms with Crippen molar-refractivity contribution in [3.63, 3.8) is 0 Å². The molecule has 0 bridgehead atoms. The van der Waals surface area contributed by atoms with Crippen LogP contribution in [0.15, 0.2) is 48.5 Å². The number of unbranched alkanes of at least 4 members (excludes halogenated alkanes) is 9. The molecule has 0 heterocycles. The Morgan fingerprint density at radius 2 is 1.50 bits per heavy atom. The minimum Gasteiger partial charge on any atom is -0.352 e. The standard InChI is InChI=1S/C28H38F3N2O/c1-2-3-4-5-6-7-8-9-10-11-18-33-27(34)24-16-12-14-22(19-24)20-26(32)23-15-13-17-25(21-23)28(29,30)31/h12-17,19,21,26,32H,2-11,18,20H2,1H3,(H,33,34). The fraction of sp³-hybridized carbons (Fsp3) is 0.536. The first kappa shape index (κ1) is 27.9. The molecule has 2 aromatic carbocycles. The van der Waals surface area contributed by atoms with E-state index in [1.165, 1.54) is 63.5 Å². The van der Waals surface area contributed by atoms with Crippen molar-refractivity contribution in [2.75, 3.05) is 6.54 Å². The Bertz CT molecular complexity index is 867. The molecule has 0 fully saturated rings. The summed E-state index contributed by atoms with van der Waals surface area (Å²) in [4.78, 5) is 12.5. The Morgan fingerprint density at radius 3 is 2.15 bits per heavy atom. The molecule has 1 atom stereocenters. The number of nitrogens with one attached hydrogen (secondary N) is 2. The molecule has 2 aromatic rings. The van der Waals surface area contributed by atoms with Gasteiger partial charge in [0, 0.05) is 12.1 Å². The first-order chi connectivity index (χ1) is 16.3. The fourth-order valence-corrected chi connectivity index (χ4v) is 4.04. The number of hydrogen-bond acceptors (Lipinski definition) is 1. The summed E-state index contributed by atoms with van der Waals surface area (Å²) in [5.41, 5.74) is 9.14. The molecule has 0 aliphatic rings. The number of alkyl halides is 3. The van der Waals surface area contributed by atoms with Gasteiger partial charge in [-0.15, -0.1) is 0 Å². The summed E-state index contributed by atoms with van der Waals surface area (Å²) in [6, 6.07) is 11.1. The van der Waals surface area contributed by atoms with Crippen LogP contribution in [0.3, 0.4) is 0 Å². The van der Waals surface area contributed by atoms with Gasteiger partial charge in [0.05, 0.1) is 11.6 Å². The highest BCUT2D eigenvalue weighted by molar-refractivity contribution is 5.94. The van der Waals surface area contributed by atoms with Crippen molar-refractivity contribution < 1.29 is 18.0 Å². The molecule has 3 nitrogen and oxygen atoms in total. The van der Waals surface area contributed by atoms with Gasteiger partial charge in [0.2, 0.25) is 0 Å². The molecule has 0 spiro atoms. The second-order valence-electron chi connectivity index (χ2n) is 9.02. The molecular formula is C28H38F3N2O. The summed E-state index contributed by atoms with van der Waals surface area (Å²) < 4.78 is 38.9. The van der Waals surface area contributed by atoms with Crippen molar-refractivity contribution in [1.29, 1.82) is 0 Å². The Morgan fingerprint density at radius 1 is 0.882 bits per heavy atom. The van der Waals surface area contributed by atoms with Gasteiger partial charge in [-0.3, -0.25) is 4.79 Å². The quantitative estimate of drug-likeness (QED) is 0.261. The van der Waals surface area contributed by atoms with Crippen LogP contribution >= 0.6 is 0 Å². The average Bonchev–Trinajstić information content (AvgIpc) is 2.82. The van der Waals surface area contributed by atoms with E-state index >= 15 is 0 Å². The highest BCUT2D eigenvalue weighted by Crippen LogP contribution is 2.31. The van der Waals surface area contributed by atoms with Crippen LogP contribution in [-0.2, 0) is 12.6 Å². The van der Waals surface area contributed by atoms with E-state index in [1.54, 1.807) is 24.3 Å². The molecule has 1 radical (unpaired) electrons. The maximum absolute atomic E-state index is 13.0. The zero-order chi connectivity index (χ0) is 24.8. The maximum atomic E-state index is 13.0. The summed E-state index contributed by atoms with van der Waals surface area (Å²) in [6.07, 6.45) is 8.22. The average molecular weight is 476 g/mol. The van der Waals surface area contributed by atoms with Crippen LogP contribution in [0.25, 0.3) is 0 Å². The number of benzene rings is 2. The van der Waals surface area contributed by atoms with E-state index in [0.717, 1.165) is 30.5 Å². The normalized spacial score (nSPS) is 12.5. The molecule has 1 unspecified atom stereocenters. The number of rotatable bonds is 15. The second-order valence-corrected chi connectivity index (χ2v) is 9.02. The molecule has 34 heavy (non-hydrogen) atoms. The van der Waals surface area contributed by atoms with Crippen LogP contribution in [0.5, 0.6) is 0 Å². The van der Waals surface area contributed by atoms with Crippen molar-refractivity contribution in [2.45, 2.75) is 89.8 Å². The molecule has 2 rings (SSSR count). The molecule has 1 amide bonds. The Labute approximate surface area is 202 Å². The summed E-state index contributed by atoms with van der Waals surface area (Å²) in [5.74, 6) is -0.154. The van der Waals surface area contributed by atoms with Crippen LogP contribution in [-0.4, -0.2) is 12.5 Å². The molecular weight excluding hydrogens is 437 g/mol. The van der Waals surface area contributed by atoms with E-state index in [9.17, 15) is 18.0 Å². The summed E-state index contributed by atoms with van der Waals surface area (Å²) in [6.45, 7) is 2.86. The summed E-state index contributed by atoms with van der Waals surface area (Å²) >= 11 is 0. The van der Waals surface area contributed by atoms with E-state index in [-0.39, 0.29) is 12.3 Å². The van der Waals surface area contributed by atoms with E-state index in [0.29, 0.717) is 17.7 Å². The van der Waals surface area contributed by atoms with Crippen molar-refractivity contribution in [3.8, 4) is 0 Å². The minimum absolute atomic E-state index is 0.154. The number of carbonyl (C=O) groups excluding carboxylic acids is 1. The van der Waals surface area contributed by atoms with Gasteiger partial charge in [0.25, 0.3) is 5.91 Å². The number of halogens is 3. The zero-order valence-corrected chi connectivity index (χ0v) is 20.2. The van der Waals surface area contributed by atoms with Crippen molar-refractivity contribution >= 4 is 5.91 Å². The Kier molecular flexibility index (Phi) is 12.2. The van der Waals surface area contributed by atoms with Crippen molar-refractivity contribution in [2.24, 2.45) is 0 Å². The fourth-order valence-electron chi connectivity index (χ4n) is 4.04. The lowest BCUT2D eigenvalue weighted by Gasteiger charge is -2.14. The van der Waals surface area contributed by atoms with Gasteiger partial charge in [-0.05, 0) is 48.2 Å². The second kappa shape index (κ2) is 14.8. The van der Waals surface area contributed by atoms with Crippen LogP contribution < -0.4 is 11.1 Å². The van der Waals surface area contributed by atoms with E-state index in [4.69, 9.17) is 5.73 Å². The molecule has 0 saturated carbocycles. The predicted molar refractivity (Wildman–Crippen MR) is 132 cm³/mol. The van der Waals surface area contributed by atoms with Gasteiger partial charge in [-0.2, -0.15) is 13.2 Å². The van der Waals surface area contributed by atoms with Crippen LogP contribution in [0, 0.1) is 0 Å². The Hall–Kier alpha value is -2.34. The number of hydrogen-bond donors (Lipinski definition) is 1. The smallest absolute Gasteiger partial charge is 0.352 e. The predicted octanol–water partition coefficient (Wildman–Crippen LogP) is 7.92. The van der Waals surface area contributed by atoms with Gasteiger partial charge >= 0.3 is 6.18 Å². The highest BCUT2D eigenvalue weighted by Gasteiger charge is 2.30. The van der Waals surface area contributed by atoms with Gasteiger partial charge in [0.15, 0.2) is 0 Å². The van der Waals surface area contributed by atoms with Gasteiger partial charge in [-0.25, -0.2) is 5.73 Å². The lowest BCUT2D eigenvalue weighted by atomic mass is 9.97. The molecule has 0 aliphatic carbocycles. The summed E-state index contributed by atoms with van der Waals surface area (Å²) in [7, 11) is 0. The maximum Gasteiger partial charge on any atom is 0.416 e. The zero-order valence-electron chi connectivity index (χ0n) is 20.2.